The van der Waals surface area contributed by atoms with Crippen molar-refractivity contribution in [1.29, 1.82) is 0 Å². The van der Waals surface area contributed by atoms with Gasteiger partial charge in [0, 0.05) is 12.1 Å². The first kappa shape index (κ1) is 12.0. The highest BCUT2D eigenvalue weighted by Gasteiger charge is 2.51. The summed E-state index contributed by atoms with van der Waals surface area (Å²) in [4.78, 5) is 0. The molecule has 0 heterocycles. The largest absolute Gasteiger partial charge is 0.375 e. The van der Waals surface area contributed by atoms with Crippen LogP contribution in [0.5, 0.6) is 0 Å². The maximum atomic E-state index is 6.34. The number of ether oxygens (including phenoxy) is 1. The van der Waals surface area contributed by atoms with E-state index in [1.165, 1.54) is 38.5 Å². The minimum absolute atomic E-state index is 0.0811. The van der Waals surface area contributed by atoms with Crippen molar-refractivity contribution in [3.8, 4) is 0 Å². The van der Waals surface area contributed by atoms with Gasteiger partial charge in [0.25, 0.3) is 0 Å². The zero-order chi connectivity index (χ0) is 12.1. The van der Waals surface area contributed by atoms with Crippen LogP contribution in [0.15, 0.2) is 0 Å². The third-order valence-corrected chi connectivity index (χ3v) is 5.14. The van der Waals surface area contributed by atoms with E-state index in [9.17, 15) is 0 Å². The molecule has 0 aromatic rings. The smallest absolute Gasteiger partial charge is 0.0690 e. The molecule has 0 aliphatic heterocycles. The minimum atomic E-state index is -0.0811. The van der Waals surface area contributed by atoms with E-state index in [1.54, 1.807) is 0 Å². The Morgan fingerprint density at radius 3 is 1.94 bits per heavy atom. The first-order chi connectivity index (χ1) is 7.94. The maximum absolute atomic E-state index is 6.34. The predicted octanol–water partition coefficient (Wildman–Crippen LogP) is 3.10. The van der Waals surface area contributed by atoms with Crippen LogP contribution in [-0.2, 0) is 4.74 Å². The Bertz CT molecular complexity index is 257. The number of rotatable bonds is 4. The van der Waals surface area contributed by atoms with E-state index in [0.717, 1.165) is 30.8 Å². The third-order valence-electron chi connectivity index (χ3n) is 5.14. The van der Waals surface area contributed by atoms with Gasteiger partial charge in [0.05, 0.1) is 5.60 Å². The monoisotopic (exact) mass is 237 g/mol. The summed E-state index contributed by atoms with van der Waals surface area (Å²) in [5.41, 5.74) is 6.22. The first-order valence-electron chi connectivity index (χ1n) is 7.37. The summed E-state index contributed by atoms with van der Waals surface area (Å²) in [7, 11) is 0. The second kappa shape index (κ2) is 3.96. The van der Waals surface area contributed by atoms with Gasteiger partial charge in [-0.25, -0.2) is 0 Å². The minimum Gasteiger partial charge on any atom is -0.375 e. The molecule has 0 spiro atoms. The fourth-order valence-electron chi connectivity index (χ4n) is 4.74. The van der Waals surface area contributed by atoms with Crippen molar-refractivity contribution in [2.45, 2.75) is 69.9 Å². The summed E-state index contributed by atoms with van der Waals surface area (Å²) in [5.74, 6) is 2.94. The lowest BCUT2D eigenvalue weighted by Crippen LogP contribution is -2.52. The van der Waals surface area contributed by atoms with E-state index in [2.05, 4.69) is 13.8 Å². The highest BCUT2D eigenvalue weighted by molar-refractivity contribution is 5.03. The van der Waals surface area contributed by atoms with E-state index < -0.39 is 0 Å². The zero-order valence-corrected chi connectivity index (χ0v) is 11.4. The first-order valence-corrected chi connectivity index (χ1v) is 7.37. The van der Waals surface area contributed by atoms with Crippen LogP contribution in [0, 0.1) is 17.8 Å². The van der Waals surface area contributed by atoms with Gasteiger partial charge in [-0.2, -0.15) is 0 Å². The molecule has 2 heteroatoms. The van der Waals surface area contributed by atoms with Crippen LogP contribution in [-0.4, -0.2) is 17.7 Å². The average Bonchev–Trinajstić information content (AvgIpc) is 2.11. The second-order valence-electron chi connectivity index (χ2n) is 7.69. The molecule has 0 aromatic carbocycles. The summed E-state index contributed by atoms with van der Waals surface area (Å²) in [6, 6.07) is 0. The molecule has 98 valence electrons. The molecular formula is C15H27NO. The van der Waals surface area contributed by atoms with Crippen molar-refractivity contribution in [3.63, 3.8) is 0 Å². The standard InChI is InChI=1S/C15H27NO/c1-14(2,16)3-4-17-15-8-11-5-12(9-15)7-13(6-11)10-15/h11-13H,3-10,16H2,1-2H3. The summed E-state index contributed by atoms with van der Waals surface area (Å²) in [6.07, 6.45) is 9.47. The van der Waals surface area contributed by atoms with E-state index in [4.69, 9.17) is 10.5 Å². The molecule has 4 fully saturated rings. The zero-order valence-electron chi connectivity index (χ0n) is 11.4. The van der Waals surface area contributed by atoms with Crippen molar-refractivity contribution < 1.29 is 4.74 Å². The lowest BCUT2D eigenvalue weighted by atomic mass is 9.54. The average molecular weight is 237 g/mol. The molecule has 0 atom stereocenters. The molecule has 17 heavy (non-hydrogen) atoms. The Labute approximate surface area is 105 Å². The molecule has 4 aliphatic carbocycles. The highest BCUT2D eigenvalue weighted by atomic mass is 16.5. The summed E-state index contributed by atoms with van der Waals surface area (Å²) in [6.45, 7) is 5.04. The fourth-order valence-corrected chi connectivity index (χ4v) is 4.74. The molecule has 2 N–H and O–H groups in total. The van der Waals surface area contributed by atoms with Crippen molar-refractivity contribution in [1.82, 2.24) is 0 Å². The van der Waals surface area contributed by atoms with Crippen LogP contribution in [0.4, 0.5) is 0 Å². The summed E-state index contributed by atoms with van der Waals surface area (Å²) < 4.78 is 6.34. The lowest BCUT2D eigenvalue weighted by molar-refractivity contribution is -0.164. The molecule has 0 radical (unpaired) electrons. The molecule has 4 saturated carbocycles. The Kier molecular flexibility index (Phi) is 2.79. The lowest BCUT2D eigenvalue weighted by Gasteiger charge is -2.56. The summed E-state index contributed by atoms with van der Waals surface area (Å²) >= 11 is 0. The van der Waals surface area contributed by atoms with Gasteiger partial charge in [-0.3, -0.25) is 0 Å². The predicted molar refractivity (Wildman–Crippen MR) is 69.7 cm³/mol. The topological polar surface area (TPSA) is 35.2 Å². The Morgan fingerprint density at radius 1 is 1.06 bits per heavy atom. The van der Waals surface area contributed by atoms with Gasteiger partial charge in [0.2, 0.25) is 0 Å². The van der Waals surface area contributed by atoms with Gasteiger partial charge in [-0.15, -0.1) is 0 Å². The van der Waals surface area contributed by atoms with Crippen LogP contribution < -0.4 is 5.73 Å². The van der Waals surface area contributed by atoms with E-state index in [0.29, 0.717) is 0 Å². The van der Waals surface area contributed by atoms with Gasteiger partial charge < -0.3 is 10.5 Å². The van der Waals surface area contributed by atoms with Crippen LogP contribution in [0.2, 0.25) is 0 Å². The highest BCUT2D eigenvalue weighted by Crippen LogP contribution is 2.57. The van der Waals surface area contributed by atoms with Gasteiger partial charge in [0.15, 0.2) is 0 Å². The molecular weight excluding hydrogens is 210 g/mol. The number of nitrogens with two attached hydrogens (primary N) is 1. The maximum Gasteiger partial charge on any atom is 0.0690 e. The van der Waals surface area contributed by atoms with Crippen molar-refractivity contribution >= 4 is 0 Å². The molecule has 0 amide bonds. The quantitative estimate of drug-likeness (QED) is 0.815. The third kappa shape index (κ3) is 2.53. The van der Waals surface area contributed by atoms with Crippen LogP contribution in [0.3, 0.4) is 0 Å². The second-order valence-corrected chi connectivity index (χ2v) is 7.69. The van der Waals surface area contributed by atoms with E-state index in [1.807, 2.05) is 0 Å². The molecule has 4 bridgehead atoms. The van der Waals surface area contributed by atoms with Crippen molar-refractivity contribution in [2.75, 3.05) is 6.61 Å². The summed E-state index contributed by atoms with van der Waals surface area (Å²) in [5, 5.41) is 0. The molecule has 4 rings (SSSR count). The Balaban J connectivity index is 1.59. The SMILES string of the molecule is CC(C)(N)CCOC12CC3CC(CC(C3)C1)C2. The fraction of sp³-hybridized carbons (Fsp3) is 1.00. The van der Waals surface area contributed by atoms with Gasteiger partial charge in [0.1, 0.15) is 0 Å². The van der Waals surface area contributed by atoms with Gasteiger partial charge >= 0.3 is 0 Å². The molecule has 0 unspecified atom stereocenters. The molecule has 0 saturated heterocycles. The number of hydrogen-bond donors (Lipinski definition) is 1. The van der Waals surface area contributed by atoms with Crippen LogP contribution in [0.25, 0.3) is 0 Å². The van der Waals surface area contributed by atoms with Crippen LogP contribution >= 0.6 is 0 Å². The Hall–Kier alpha value is -0.0800. The van der Waals surface area contributed by atoms with E-state index >= 15 is 0 Å². The van der Waals surface area contributed by atoms with Crippen molar-refractivity contribution in [2.24, 2.45) is 23.5 Å². The van der Waals surface area contributed by atoms with Gasteiger partial charge in [-0.05, 0) is 76.5 Å². The van der Waals surface area contributed by atoms with Gasteiger partial charge in [-0.1, -0.05) is 0 Å². The van der Waals surface area contributed by atoms with E-state index in [-0.39, 0.29) is 11.1 Å². The number of hydrogen-bond acceptors (Lipinski definition) is 2. The molecule has 0 aromatic heterocycles. The van der Waals surface area contributed by atoms with Crippen molar-refractivity contribution in [3.05, 3.63) is 0 Å². The van der Waals surface area contributed by atoms with Crippen LogP contribution in [0.1, 0.15) is 58.8 Å². The molecule has 2 nitrogen and oxygen atoms in total. The molecule has 4 aliphatic rings. The Morgan fingerprint density at radius 2 is 1.53 bits per heavy atom. The normalized spacial score (nSPS) is 44.3.